The van der Waals surface area contributed by atoms with Gasteiger partial charge in [0.2, 0.25) is 11.1 Å². The van der Waals surface area contributed by atoms with Gasteiger partial charge in [-0.05, 0) is 54.7 Å². The van der Waals surface area contributed by atoms with Crippen LogP contribution in [0, 0.1) is 13.8 Å². The van der Waals surface area contributed by atoms with E-state index in [9.17, 15) is 4.79 Å². The monoisotopic (exact) mass is 459 g/mol. The number of rotatable bonds is 8. The minimum absolute atomic E-state index is 0.136. The van der Waals surface area contributed by atoms with Crippen molar-refractivity contribution in [3.05, 3.63) is 63.9 Å². The van der Waals surface area contributed by atoms with Crippen LogP contribution in [-0.4, -0.2) is 26.5 Å². The second-order valence-electron chi connectivity index (χ2n) is 7.55. The lowest BCUT2D eigenvalue weighted by molar-refractivity contribution is -0.113. The molecule has 0 saturated heterocycles. The Kier molecular flexibility index (Phi) is 7.46. The van der Waals surface area contributed by atoms with Gasteiger partial charge in [-0.15, -0.1) is 10.2 Å². The maximum absolute atomic E-state index is 12.2. The molecule has 0 atom stereocenters. The SMILES string of the molecule is Cc1ccc(C(C)C)c(OCc2nnc(SCC(=O)Nc3ccc(C)c(Cl)c3)n2N)c1. The number of carbonyl (C=O) groups is 1. The van der Waals surface area contributed by atoms with E-state index in [-0.39, 0.29) is 18.3 Å². The van der Waals surface area contributed by atoms with E-state index in [4.69, 9.17) is 22.2 Å². The largest absolute Gasteiger partial charge is 0.485 e. The Bertz CT molecular complexity index is 1080. The highest BCUT2D eigenvalue weighted by Gasteiger charge is 2.15. The van der Waals surface area contributed by atoms with E-state index in [1.54, 1.807) is 12.1 Å². The molecule has 0 aliphatic carbocycles. The van der Waals surface area contributed by atoms with Crippen LogP contribution in [0.4, 0.5) is 5.69 Å². The Hall–Kier alpha value is -2.71. The minimum atomic E-state index is -0.188. The Balaban J connectivity index is 1.58. The molecule has 3 N–H and O–H groups in total. The van der Waals surface area contributed by atoms with E-state index in [2.05, 4.69) is 41.5 Å². The number of amides is 1. The summed E-state index contributed by atoms with van der Waals surface area (Å²) in [4.78, 5) is 12.2. The van der Waals surface area contributed by atoms with Crippen molar-refractivity contribution in [3.8, 4) is 5.75 Å². The number of hydrogen-bond acceptors (Lipinski definition) is 6. The van der Waals surface area contributed by atoms with E-state index >= 15 is 0 Å². The van der Waals surface area contributed by atoms with Gasteiger partial charge in [-0.2, -0.15) is 0 Å². The average Bonchev–Trinajstić information content (AvgIpc) is 3.07. The summed E-state index contributed by atoms with van der Waals surface area (Å²) in [6.45, 7) is 8.34. The van der Waals surface area contributed by atoms with Crippen LogP contribution in [0.2, 0.25) is 5.02 Å². The first kappa shape index (κ1) is 23.0. The van der Waals surface area contributed by atoms with Crippen LogP contribution in [-0.2, 0) is 11.4 Å². The zero-order chi connectivity index (χ0) is 22.5. The molecule has 31 heavy (non-hydrogen) atoms. The summed E-state index contributed by atoms with van der Waals surface area (Å²) in [7, 11) is 0. The third-order valence-electron chi connectivity index (χ3n) is 4.67. The molecule has 0 radical (unpaired) electrons. The van der Waals surface area contributed by atoms with Crippen molar-refractivity contribution in [1.29, 1.82) is 0 Å². The Morgan fingerprint density at radius 1 is 1.23 bits per heavy atom. The highest BCUT2D eigenvalue weighted by molar-refractivity contribution is 7.99. The lowest BCUT2D eigenvalue weighted by Gasteiger charge is -2.14. The first-order chi connectivity index (χ1) is 14.7. The maximum Gasteiger partial charge on any atom is 0.234 e. The molecule has 0 saturated carbocycles. The van der Waals surface area contributed by atoms with Crippen molar-refractivity contribution in [2.24, 2.45) is 0 Å². The lowest BCUT2D eigenvalue weighted by Crippen LogP contribution is -2.18. The summed E-state index contributed by atoms with van der Waals surface area (Å²) < 4.78 is 7.33. The molecule has 9 heteroatoms. The first-order valence-corrected chi connectivity index (χ1v) is 11.2. The molecular formula is C22H26ClN5O2S. The number of nitrogens with zero attached hydrogens (tertiary/aromatic N) is 3. The van der Waals surface area contributed by atoms with Crippen molar-refractivity contribution in [2.45, 2.75) is 45.4 Å². The summed E-state index contributed by atoms with van der Waals surface area (Å²) in [6, 6.07) is 11.5. The molecule has 0 fully saturated rings. The lowest BCUT2D eigenvalue weighted by atomic mass is 10.0. The number of halogens is 1. The van der Waals surface area contributed by atoms with Gasteiger partial charge in [-0.25, -0.2) is 4.68 Å². The van der Waals surface area contributed by atoms with E-state index in [0.29, 0.717) is 27.6 Å². The van der Waals surface area contributed by atoms with Gasteiger partial charge in [0, 0.05) is 10.7 Å². The Labute approximate surface area is 191 Å². The van der Waals surface area contributed by atoms with Gasteiger partial charge < -0.3 is 15.9 Å². The number of aryl methyl sites for hydroxylation is 2. The molecule has 2 aromatic carbocycles. The maximum atomic E-state index is 12.2. The van der Waals surface area contributed by atoms with Crippen LogP contribution in [0.1, 0.15) is 42.3 Å². The fourth-order valence-electron chi connectivity index (χ4n) is 2.89. The molecule has 0 spiro atoms. The molecule has 164 valence electrons. The van der Waals surface area contributed by atoms with Crippen LogP contribution < -0.4 is 15.9 Å². The zero-order valence-corrected chi connectivity index (χ0v) is 19.5. The molecule has 0 aliphatic rings. The van der Waals surface area contributed by atoms with E-state index in [1.165, 1.54) is 16.4 Å². The normalized spacial score (nSPS) is 11.0. The first-order valence-electron chi connectivity index (χ1n) is 9.86. The van der Waals surface area contributed by atoms with Crippen molar-refractivity contribution < 1.29 is 9.53 Å². The third-order valence-corrected chi connectivity index (χ3v) is 6.02. The second-order valence-corrected chi connectivity index (χ2v) is 8.90. The number of nitrogens with two attached hydrogens (primary N) is 1. The average molecular weight is 460 g/mol. The molecular weight excluding hydrogens is 434 g/mol. The second kappa shape index (κ2) is 10.1. The predicted molar refractivity (Wildman–Crippen MR) is 125 cm³/mol. The van der Waals surface area contributed by atoms with Crippen LogP contribution in [0.15, 0.2) is 41.6 Å². The van der Waals surface area contributed by atoms with E-state index < -0.39 is 0 Å². The summed E-state index contributed by atoms with van der Waals surface area (Å²) in [5.41, 5.74) is 3.83. The number of hydrogen-bond donors (Lipinski definition) is 2. The van der Waals surface area contributed by atoms with Crippen molar-refractivity contribution >= 4 is 35.0 Å². The molecule has 1 heterocycles. The van der Waals surface area contributed by atoms with Gasteiger partial charge in [0.15, 0.2) is 5.82 Å². The molecule has 1 aromatic heterocycles. The summed E-state index contributed by atoms with van der Waals surface area (Å²) >= 11 is 7.30. The molecule has 7 nitrogen and oxygen atoms in total. The quantitative estimate of drug-likeness (QED) is 0.374. The van der Waals surface area contributed by atoms with Crippen molar-refractivity contribution in [1.82, 2.24) is 14.9 Å². The van der Waals surface area contributed by atoms with Crippen LogP contribution >= 0.6 is 23.4 Å². The molecule has 0 unspecified atom stereocenters. The number of nitrogens with one attached hydrogen (secondary N) is 1. The van der Waals surface area contributed by atoms with Gasteiger partial charge in [0.05, 0.1) is 5.75 Å². The van der Waals surface area contributed by atoms with Gasteiger partial charge in [0.25, 0.3) is 0 Å². The number of ether oxygens (including phenoxy) is 1. The van der Waals surface area contributed by atoms with Crippen LogP contribution in [0.5, 0.6) is 5.75 Å². The Morgan fingerprint density at radius 2 is 2.00 bits per heavy atom. The predicted octanol–water partition coefficient (Wildman–Crippen LogP) is 4.70. The fourth-order valence-corrected chi connectivity index (χ4v) is 3.74. The van der Waals surface area contributed by atoms with Gasteiger partial charge >= 0.3 is 0 Å². The van der Waals surface area contributed by atoms with Crippen LogP contribution in [0.25, 0.3) is 0 Å². The number of benzene rings is 2. The molecule has 3 aromatic rings. The van der Waals surface area contributed by atoms with Gasteiger partial charge in [-0.1, -0.05) is 55.4 Å². The molecule has 3 rings (SSSR count). The highest BCUT2D eigenvalue weighted by Crippen LogP contribution is 2.28. The summed E-state index contributed by atoms with van der Waals surface area (Å²) in [5, 5.41) is 12.0. The van der Waals surface area contributed by atoms with Crippen molar-refractivity contribution in [3.63, 3.8) is 0 Å². The number of aromatic nitrogens is 3. The standard InChI is InChI=1S/C22H26ClN5O2S/c1-13(2)17-8-5-14(3)9-19(17)30-11-20-26-27-22(28(20)24)31-12-21(29)25-16-7-6-15(4)18(23)10-16/h5-10,13H,11-12,24H2,1-4H3,(H,25,29). The van der Waals surface area contributed by atoms with E-state index in [0.717, 1.165) is 22.4 Å². The van der Waals surface area contributed by atoms with E-state index in [1.807, 2.05) is 26.0 Å². The summed E-state index contributed by atoms with van der Waals surface area (Å²) in [5.74, 6) is 7.68. The smallest absolute Gasteiger partial charge is 0.234 e. The third kappa shape index (κ3) is 5.92. The van der Waals surface area contributed by atoms with Gasteiger partial charge in [0.1, 0.15) is 12.4 Å². The molecule has 1 amide bonds. The number of thioether (sulfide) groups is 1. The number of carbonyl (C=O) groups excluding carboxylic acids is 1. The molecule has 0 aliphatic heterocycles. The number of anilines is 1. The topological polar surface area (TPSA) is 95.1 Å². The highest BCUT2D eigenvalue weighted by atomic mass is 35.5. The van der Waals surface area contributed by atoms with Crippen molar-refractivity contribution in [2.75, 3.05) is 16.9 Å². The Morgan fingerprint density at radius 3 is 2.71 bits per heavy atom. The minimum Gasteiger partial charge on any atom is -0.485 e. The summed E-state index contributed by atoms with van der Waals surface area (Å²) in [6.07, 6.45) is 0. The van der Waals surface area contributed by atoms with Gasteiger partial charge in [-0.3, -0.25) is 4.79 Å². The van der Waals surface area contributed by atoms with Crippen LogP contribution in [0.3, 0.4) is 0 Å². The number of nitrogen functional groups attached to an aromatic ring is 1. The zero-order valence-electron chi connectivity index (χ0n) is 18.0. The molecule has 0 bridgehead atoms. The fraction of sp³-hybridized carbons (Fsp3) is 0.318.